The fourth-order valence-electron chi connectivity index (χ4n) is 1.33. The van der Waals surface area contributed by atoms with Crippen molar-refractivity contribution in [2.45, 2.75) is 13.8 Å². The number of carbonyl (C=O) groups is 2. The highest BCUT2D eigenvalue weighted by atomic mass is 16.2. The van der Waals surface area contributed by atoms with E-state index in [1.807, 2.05) is 31.2 Å². The Bertz CT molecular complexity index is 436. The van der Waals surface area contributed by atoms with Gasteiger partial charge in [0.25, 0.3) is 0 Å². The summed E-state index contributed by atoms with van der Waals surface area (Å²) < 4.78 is 0. The largest absolute Gasteiger partial charge is 0.355 e. The molecule has 96 valence electrons. The van der Waals surface area contributed by atoms with Crippen molar-refractivity contribution in [3.05, 3.63) is 41.5 Å². The van der Waals surface area contributed by atoms with Crippen LogP contribution in [0.5, 0.6) is 0 Å². The topological polar surface area (TPSA) is 58.2 Å². The van der Waals surface area contributed by atoms with E-state index in [1.54, 1.807) is 6.08 Å². The predicted octanol–water partition coefficient (Wildman–Crippen LogP) is 1.26. The van der Waals surface area contributed by atoms with Gasteiger partial charge >= 0.3 is 0 Å². The molecule has 0 aliphatic carbocycles. The minimum Gasteiger partial charge on any atom is -0.355 e. The van der Waals surface area contributed by atoms with Crippen molar-refractivity contribution in [2.75, 3.05) is 13.1 Å². The van der Waals surface area contributed by atoms with Crippen molar-refractivity contribution in [2.24, 2.45) is 0 Å². The average molecular weight is 246 g/mol. The molecular formula is C14H18N2O2. The standard InChI is InChI=1S/C14H18N2O2/c1-11-3-5-13(6-4-11)7-8-14(18)16-10-9-15-12(2)17/h3-8H,9-10H2,1-2H3,(H,15,17)(H,16,18)/b8-7+. The summed E-state index contributed by atoms with van der Waals surface area (Å²) in [6.07, 6.45) is 3.24. The summed E-state index contributed by atoms with van der Waals surface area (Å²) in [4.78, 5) is 22.0. The van der Waals surface area contributed by atoms with E-state index in [1.165, 1.54) is 18.6 Å². The number of hydrogen-bond acceptors (Lipinski definition) is 2. The van der Waals surface area contributed by atoms with Crippen molar-refractivity contribution in [3.63, 3.8) is 0 Å². The van der Waals surface area contributed by atoms with Crippen LogP contribution in [0.4, 0.5) is 0 Å². The predicted molar refractivity (Wildman–Crippen MR) is 71.9 cm³/mol. The van der Waals surface area contributed by atoms with E-state index >= 15 is 0 Å². The van der Waals surface area contributed by atoms with Gasteiger partial charge in [-0.05, 0) is 18.6 Å². The molecule has 0 fully saturated rings. The van der Waals surface area contributed by atoms with E-state index in [9.17, 15) is 9.59 Å². The molecule has 2 N–H and O–H groups in total. The second-order valence-corrected chi connectivity index (χ2v) is 4.02. The van der Waals surface area contributed by atoms with Gasteiger partial charge < -0.3 is 10.6 Å². The van der Waals surface area contributed by atoms with Crippen LogP contribution in [0.15, 0.2) is 30.3 Å². The first-order valence-corrected chi connectivity index (χ1v) is 5.85. The molecule has 0 aliphatic heterocycles. The third-order valence-electron chi connectivity index (χ3n) is 2.30. The van der Waals surface area contributed by atoms with Crippen LogP contribution in [0, 0.1) is 6.92 Å². The summed E-state index contributed by atoms with van der Waals surface area (Å²) in [5, 5.41) is 5.28. The van der Waals surface area contributed by atoms with Gasteiger partial charge in [0, 0.05) is 26.1 Å². The number of carbonyl (C=O) groups excluding carboxylic acids is 2. The molecule has 18 heavy (non-hydrogen) atoms. The van der Waals surface area contributed by atoms with E-state index in [0.29, 0.717) is 13.1 Å². The van der Waals surface area contributed by atoms with Gasteiger partial charge in [-0.25, -0.2) is 0 Å². The lowest BCUT2D eigenvalue weighted by molar-refractivity contribution is -0.119. The SMILES string of the molecule is CC(=O)NCCNC(=O)/C=C/c1ccc(C)cc1. The molecule has 0 radical (unpaired) electrons. The second-order valence-electron chi connectivity index (χ2n) is 4.02. The molecular weight excluding hydrogens is 228 g/mol. The van der Waals surface area contributed by atoms with E-state index in [0.717, 1.165) is 5.56 Å². The van der Waals surface area contributed by atoms with Crippen LogP contribution < -0.4 is 10.6 Å². The van der Waals surface area contributed by atoms with Gasteiger partial charge in [-0.3, -0.25) is 9.59 Å². The van der Waals surface area contributed by atoms with Crippen LogP contribution in [0.2, 0.25) is 0 Å². The Morgan fingerprint density at radius 1 is 1.11 bits per heavy atom. The molecule has 2 amide bonds. The minimum absolute atomic E-state index is 0.0977. The molecule has 0 saturated heterocycles. The summed E-state index contributed by atoms with van der Waals surface area (Å²) in [6.45, 7) is 4.33. The van der Waals surface area contributed by atoms with Gasteiger partial charge in [0.15, 0.2) is 0 Å². The third-order valence-corrected chi connectivity index (χ3v) is 2.30. The quantitative estimate of drug-likeness (QED) is 0.607. The normalized spacial score (nSPS) is 10.3. The smallest absolute Gasteiger partial charge is 0.244 e. The van der Waals surface area contributed by atoms with Gasteiger partial charge in [-0.2, -0.15) is 0 Å². The molecule has 0 spiro atoms. The van der Waals surface area contributed by atoms with Gasteiger partial charge in [-0.15, -0.1) is 0 Å². The summed E-state index contributed by atoms with van der Waals surface area (Å²) in [7, 11) is 0. The number of aryl methyl sites for hydroxylation is 1. The number of amides is 2. The van der Waals surface area contributed by atoms with Crippen molar-refractivity contribution in [1.82, 2.24) is 10.6 Å². The first-order chi connectivity index (χ1) is 8.58. The summed E-state index contributed by atoms with van der Waals surface area (Å²) in [6, 6.07) is 7.90. The van der Waals surface area contributed by atoms with Gasteiger partial charge in [-0.1, -0.05) is 29.8 Å². The van der Waals surface area contributed by atoms with E-state index in [-0.39, 0.29) is 11.8 Å². The zero-order valence-corrected chi connectivity index (χ0v) is 10.7. The van der Waals surface area contributed by atoms with Crippen molar-refractivity contribution < 1.29 is 9.59 Å². The highest BCUT2D eigenvalue weighted by Crippen LogP contribution is 2.04. The van der Waals surface area contributed by atoms with Crippen LogP contribution in [-0.4, -0.2) is 24.9 Å². The van der Waals surface area contributed by atoms with Gasteiger partial charge in [0.2, 0.25) is 11.8 Å². The Hall–Kier alpha value is -2.10. The first kappa shape index (κ1) is 14.0. The molecule has 0 aromatic heterocycles. The second kappa shape index (κ2) is 7.27. The zero-order chi connectivity index (χ0) is 13.4. The molecule has 0 atom stereocenters. The number of hydrogen-bond donors (Lipinski definition) is 2. The maximum atomic E-state index is 11.4. The van der Waals surface area contributed by atoms with Crippen LogP contribution in [0.1, 0.15) is 18.1 Å². The summed E-state index contributed by atoms with van der Waals surface area (Å²) >= 11 is 0. The molecule has 0 bridgehead atoms. The lowest BCUT2D eigenvalue weighted by Gasteiger charge is -2.02. The molecule has 0 heterocycles. The zero-order valence-electron chi connectivity index (χ0n) is 10.7. The van der Waals surface area contributed by atoms with Crippen LogP contribution in [-0.2, 0) is 9.59 Å². The fraction of sp³-hybridized carbons (Fsp3) is 0.286. The molecule has 4 nitrogen and oxygen atoms in total. The average Bonchev–Trinajstić information content (AvgIpc) is 2.34. The molecule has 4 heteroatoms. The number of nitrogens with one attached hydrogen (secondary N) is 2. The van der Waals surface area contributed by atoms with Gasteiger partial charge in [0.1, 0.15) is 0 Å². The fourth-order valence-corrected chi connectivity index (χ4v) is 1.33. The van der Waals surface area contributed by atoms with Gasteiger partial charge in [0.05, 0.1) is 0 Å². The molecule has 1 aromatic carbocycles. The van der Waals surface area contributed by atoms with E-state index in [4.69, 9.17) is 0 Å². The summed E-state index contributed by atoms with van der Waals surface area (Å²) in [5.74, 6) is -0.264. The Labute approximate surface area is 107 Å². The number of benzene rings is 1. The van der Waals surface area contributed by atoms with E-state index < -0.39 is 0 Å². The van der Waals surface area contributed by atoms with Crippen molar-refractivity contribution in [3.8, 4) is 0 Å². The maximum absolute atomic E-state index is 11.4. The lowest BCUT2D eigenvalue weighted by Crippen LogP contribution is -2.32. The Balaban J connectivity index is 2.31. The van der Waals surface area contributed by atoms with Crippen LogP contribution in [0.3, 0.4) is 0 Å². The Morgan fingerprint density at radius 2 is 1.72 bits per heavy atom. The summed E-state index contributed by atoms with van der Waals surface area (Å²) in [5.41, 5.74) is 2.17. The molecule has 0 saturated carbocycles. The molecule has 0 unspecified atom stereocenters. The molecule has 1 rings (SSSR count). The van der Waals surface area contributed by atoms with Crippen molar-refractivity contribution >= 4 is 17.9 Å². The Kier molecular flexibility index (Phi) is 5.64. The molecule has 0 aliphatic rings. The highest BCUT2D eigenvalue weighted by Gasteiger charge is 1.95. The maximum Gasteiger partial charge on any atom is 0.244 e. The Morgan fingerprint density at radius 3 is 2.33 bits per heavy atom. The third kappa shape index (κ3) is 5.84. The first-order valence-electron chi connectivity index (χ1n) is 5.85. The van der Waals surface area contributed by atoms with Crippen LogP contribution >= 0.6 is 0 Å². The monoisotopic (exact) mass is 246 g/mol. The highest BCUT2D eigenvalue weighted by molar-refractivity contribution is 5.91. The minimum atomic E-state index is -0.166. The van der Waals surface area contributed by atoms with Crippen molar-refractivity contribution in [1.29, 1.82) is 0 Å². The lowest BCUT2D eigenvalue weighted by atomic mass is 10.1. The van der Waals surface area contributed by atoms with E-state index in [2.05, 4.69) is 10.6 Å². The number of rotatable bonds is 5. The van der Waals surface area contributed by atoms with Crippen LogP contribution in [0.25, 0.3) is 6.08 Å². The molecule has 1 aromatic rings.